The average molecular weight is 546 g/mol. The van der Waals surface area contributed by atoms with Crippen LogP contribution in [-0.2, 0) is 4.79 Å². The SMILES string of the molecule is CC(C)N(CC(=O)Nc1cc(-c2ccccc2)nn1-c1ccccc1Cl)C(=O)NC12CC3CC(CC(C3)C1)C2. The van der Waals surface area contributed by atoms with Gasteiger partial charge in [-0.05, 0) is 82.3 Å². The van der Waals surface area contributed by atoms with Gasteiger partial charge in [0.1, 0.15) is 12.4 Å². The number of carbonyl (C=O) groups excluding carboxylic acids is 2. The maximum absolute atomic E-state index is 13.6. The van der Waals surface area contributed by atoms with Gasteiger partial charge in [-0.1, -0.05) is 54.1 Å². The molecule has 0 atom stereocenters. The van der Waals surface area contributed by atoms with Crippen molar-refractivity contribution in [2.24, 2.45) is 17.8 Å². The zero-order valence-corrected chi connectivity index (χ0v) is 23.3. The van der Waals surface area contributed by atoms with Gasteiger partial charge in [-0.3, -0.25) is 4.79 Å². The number of hydrogen-bond acceptors (Lipinski definition) is 3. The van der Waals surface area contributed by atoms with Crippen LogP contribution >= 0.6 is 11.6 Å². The highest BCUT2D eigenvalue weighted by molar-refractivity contribution is 6.32. The monoisotopic (exact) mass is 545 g/mol. The van der Waals surface area contributed by atoms with Crippen molar-refractivity contribution < 1.29 is 9.59 Å². The van der Waals surface area contributed by atoms with Gasteiger partial charge < -0.3 is 15.5 Å². The third-order valence-corrected chi connectivity index (χ3v) is 9.06. The molecule has 4 aliphatic rings. The van der Waals surface area contributed by atoms with E-state index in [0.29, 0.717) is 22.2 Å². The molecule has 1 heterocycles. The molecule has 7 rings (SSSR count). The van der Waals surface area contributed by atoms with Gasteiger partial charge in [0.2, 0.25) is 5.91 Å². The summed E-state index contributed by atoms with van der Waals surface area (Å²) in [5, 5.41) is 11.7. The number of nitrogens with zero attached hydrogens (tertiary/aromatic N) is 3. The highest BCUT2D eigenvalue weighted by Crippen LogP contribution is 2.55. The third kappa shape index (κ3) is 5.29. The highest BCUT2D eigenvalue weighted by atomic mass is 35.5. The standard InChI is InChI=1S/C31H36ClN5O2/c1-20(2)36(30(39)34-31-16-21-12-22(17-31)14-23(13-21)18-31)19-29(38)33-28-15-26(24-8-4-3-5-9-24)35-37(28)27-11-7-6-10-25(27)32/h3-11,15,20-23H,12-14,16-19H2,1-2H3,(H,33,38)(H,34,39). The van der Waals surface area contributed by atoms with E-state index in [1.54, 1.807) is 15.6 Å². The van der Waals surface area contributed by atoms with Crippen molar-refractivity contribution in [3.8, 4) is 16.9 Å². The number of para-hydroxylation sites is 1. The molecule has 0 spiro atoms. The first-order valence-corrected chi connectivity index (χ1v) is 14.5. The minimum absolute atomic E-state index is 0.0514. The maximum atomic E-state index is 13.6. The summed E-state index contributed by atoms with van der Waals surface area (Å²) in [5.74, 6) is 2.41. The van der Waals surface area contributed by atoms with Crippen molar-refractivity contribution in [1.29, 1.82) is 0 Å². The van der Waals surface area contributed by atoms with Crippen LogP contribution in [0.2, 0.25) is 5.02 Å². The molecule has 8 heteroatoms. The number of rotatable bonds is 7. The van der Waals surface area contributed by atoms with E-state index < -0.39 is 0 Å². The molecule has 3 aromatic rings. The normalized spacial score (nSPS) is 25.1. The van der Waals surface area contributed by atoms with Crippen LogP contribution in [0.25, 0.3) is 16.9 Å². The van der Waals surface area contributed by atoms with Crippen molar-refractivity contribution in [3.63, 3.8) is 0 Å². The van der Waals surface area contributed by atoms with Gasteiger partial charge in [0.05, 0.1) is 16.4 Å². The molecule has 0 radical (unpaired) electrons. The predicted octanol–water partition coefficient (Wildman–Crippen LogP) is 6.52. The Morgan fingerprint density at radius 2 is 1.62 bits per heavy atom. The summed E-state index contributed by atoms with van der Waals surface area (Å²) in [6.07, 6.45) is 7.16. The molecule has 4 aliphatic carbocycles. The molecule has 3 amide bonds. The van der Waals surface area contributed by atoms with Crippen LogP contribution in [0.1, 0.15) is 52.4 Å². The van der Waals surface area contributed by atoms with Gasteiger partial charge in [-0.25, -0.2) is 9.48 Å². The lowest BCUT2D eigenvalue weighted by Gasteiger charge is -2.57. The Morgan fingerprint density at radius 3 is 2.23 bits per heavy atom. The topological polar surface area (TPSA) is 79.3 Å². The Labute approximate surface area is 234 Å². The van der Waals surface area contributed by atoms with E-state index in [-0.39, 0.29) is 30.1 Å². The summed E-state index contributed by atoms with van der Waals surface area (Å²) in [5.41, 5.74) is 2.20. The molecule has 4 saturated carbocycles. The molecular formula is C31H36ClN5O2. The van der Waals surface area contributed by atoms with Crippen molar-refractivity contribution >= 4 is 29.4 Å². The van der Waals surface area contributed by atoms with Gasteiger partial charge >= 0.3 is 6.03 Å². The summed E-state index contributed by atoms with van der Waals surface area (Å²) < 4.78 is 1.65. The second-order valence-electron chi connectivity index (χ2n) is 12.0. The number of urea groups is 1. The minimum Gasteiger partial charge on any atom is -0.333 e. The smallest absolute Gasteiger partial charge is 0.318 e. The molecule has 39 heavy (non-hydrogen) atoms. The molecule has 2 N–H and O–H groups in total. The number of benzene rings is 2. The molecule has 7 nitrogen and oxygen atoms in total. The summed E-state index contributed by atoms with van der Waals surface area (Å²) in [7, 11) is 0. The number of aromatic nitrogens is 2. The van der Waals surface area contributed by atoms with Crippen molar-refractivity contribution in [1.82, 2.24) is 20.0 Å². The van der Waals surface area contributed by atoms with E-state index >= 15 is 0 Å². The van der Waals surface area contributed by atoms with Crippen LogP contribution in [-0.4, -0.2) is 44.7 Å². The fourth-order valence-corrected chi connectivity index (χ4v) is 7.63. The number of hydrogen-bond donors (Lipinski definition) is 2. The van der Waals surface area contributed by atoms with Crippen molar-refractivity contribution in [2.75, 3.05) is 11.9 Å². The molecule has 0 unspecified atom stereocenters. The lowest BCUT2D eigenvalue weighted by atomic mass is 9.53. The summed E-state index contributed by atoms with van der Waals surface area (Å²) in [6.45, 7) is 3.85. The lowest BCUT2D eigenvalue weighted by molar-refractivity contribution is -0.117. The van der Waals surface area contributed by atoms with E-state index in [2.05, 4.69) is 10.6 Å². The molecule has 0 saturated heterocycles. The van der Waals surface area contributed by atoms with Crippen LogP contribution in [0.4, 0.5) is 10.6 Å². The average Bonchev–Trinajstić information content (AvgIpc) is 3.30. The zero-order chi connectivity index (χ0) is 27.1. The molecule has 0 aliphatic heterocycles. The molecule has 4 fully saturated rings. The zero-order valence-electron chi connectivity index (χ0n) is 22.6. The Balaban J connectivity index is 1.21. The van der Waals surface area contributed by atoms with Gasteiger partial charge in [0.25, 0.3) is 0 Å². The Hall–Kier alpha value is -3.32. The minimum atomic E-state index is -0.280. The number of nitrogens with one attached hydrogen (secondary N) is 2. The largest absolute Gasteiger partial charge is 0.333 e. The van der Waals surface area contributed by atoms with E-state index in [0.717, 1.165) is 42.6 Å². The predicted molar refractivity (Wildman–Crippen MR) is 154 cm³/mol. The van der Waals surface area contributed by atoms with Crippen LogP contribution in [0, 0.1) is 17.8 Å². The van der Waals surface area contributed by atoms with Crippen LogP contribution in [0.3, 0.4) is 0 Å². The number of halogens is 1. The maximum Gasteiger partial charge on any atom is 0.318 e. The number of amides is 3. The second kappa shape index (κ2) is 10.3. The summed E-state index contributed by atoms with van der Waals surface area (Å²) in [4.78, 5) is 28.6. The molecule has 2 aromatic carbocycles. The van der Waals surface area contributed by atoms with E-state index in [4.69, 9.17) is 16.7 Å². The van der Waals surface area contributed by atoms with Crippen LogP contribution in [0.5, 0.6) is 0 Å². The Kier molecular flexibility index (Phi) is 6.88. The van der Waals surface area contributed by atoms with E-state index in [1.807, 2.05) is 68.4 Å². The highest BCUT2D eigenvalue weighted by Gasteiger charge is 2.52. The second-order valence-corrected chi connectivity index (χ2v) is 12.4. The first kappa shape index (κ1) is 25.9. The lowest BCUT2D eigenvalue weighted by Crippen LogP contribution is -2.62. The first-order valence-electron chi connectivity index (χ1n) is 14.1. The molecular weight excluding hydrogens is 510 g/mol. The summed E-state index contributed by atoms with van der Waals surface area (Å²) in [6, 6.07) is 18.8. The molecule has 1 aromatic heterocycles. The third-order valence-electron chi connectivity index (χ3n) is 8.74. The number of anilines is 1. The number of carbonyl (C=O) groups is 2. The quantitative estimate of drug-likeness (QED) is 0.355. The Morgan fingerprint density at radius 1 is 1.00 bits per heavy atom. The van der Waals surface area contributed by atoms with Crippen LogP contribution in [0.15, 0.2) is 60.7 Å². The van der Waals surface area contributed by atoms with E-state index in [9.17, 15) is 9.59 Å². The fourth-order valence-electron chi connectivity index (χ4n) is 7.42. The van der Waals surface area contributed by atoms with Gasteiger partial charge in [0.15, 0.2) is 0 Å². The van der Waals surface area contributed by atoms with Gasteiger partial charge in [-0.15, -0.1) is 0 Å². The van der Waals surface area contributed by atoms with Gasteiger partial charge in [0, 0.05) is 23.2 Å². The van der Waals surface area contributed by atoms with Gasteiger partial charge in [-0.2, -0.15) is 5.10 Å². The van der Waals surface area contributed by atoms with E-state index in [1.165, 1.54) is 19.3 Å². The van der Waals surface area contributed by atoms with Crippen molar-refractivity contribution in [3.05, 3.63) is 65.7 Å². The molecule has 204 valence electrons. The van der Waals surface area contributed by atoms with Crippen LogP contribution < -0.4 is 10.6 Å². The van der Waals surface area contributed by atoms with Crippen molar-refractivity contribution in [2.45, 2.75) is 64.0 Å². The summed E-state index contributed by atoms with van der Waals surface area (Å²) >= 11 is 6.50. The first-order chi connectivity index (χ1) is 18.8. The fraction of sp³-hybridized carbons (Fsp3) is 0.452. The Bertz CT molecular complexity index is 1330. The molecule has 4 bridgehead atoms.